The van der Waals surface area contributed by atoms with Crippen molar-refractivity contribution in [1.29, 1.82) is 0 Å². The molecule has 0 saturated heterocycles. The molecule has 0 aliphatic rings. The van der Waals surface area contributed by atoms with Crippen LogP contribution in [0.2, 0.25) is 0 Å². The Morgan fingerprint density at radius 1 is 1.36 bits per heavy atom. The smallest absolute Gasteiger partial charge is 0.421 e. The molecule has 5 heteroatoms. The van der Waals surface area contributed by atoms with Crippen LogP contribution in [0.4, 0.5) is 0 Å². The van der Waals surface area contributed by atoms with E-state index in [2.05, 4.69) is 0 Å². The van der Waals surface area contributed by atoms with Crippen molar-refractivity contribution in [2.45, 2.75) is 33.6 Å². The SMILES string of the molecule is CCCC=COP(=O)(O)N(CC)CC. The van der Waals surface area contributed by atoms with Gasteiger partial charge in [-0.3, -0.25) is 0 Å². The van der Waals surface area contributed by atoms with Crippen molar-refractivity contribution in [1.82, 2.24) is 4.67 Å². The van der Waals surface area contributed by atoms with Crippen molar-refractivity contribution in [2.75, 3.05) is 13.1 Å². The Kier molecular flexibility index (Phi) is 6.89. The predicted molar refractivity (Wildman–Crippen MR) is 57.9 cm³/mol. The van der Waals surface area contributed by atoms with Crippen molar-refractivity contribution < 1.29 is 14.0 Å². The van der Waals surface area contributed by atoms with Gasteiger partial charge < -0.3 is 9.42 Å². The van der Waals surface area contributed by atoms with Crippen molar-refractivity contribution in [3.63, 3.8) is 0 Å². The highest BCUT2D eigenvalue weighted by atomic mass is 31.2. The van der Waals surface area contributed by atoms with Gasteiger partial charge in [0.15, 0.2) is 0 Å². The second-order valence-corrected chi connectivity index (χ2v) is 4.65. The van der Waals surface area contributed by atoms with Crippen LogP contribution in [0.1, 0.15) is 33.6 Å². The number of hydrogen-bond donors (Lipinski definition) is 1. The van der Waals surface area contributed by atoms with Crippen LogP contribution in [0, 0.1) is 0 Å². The normalized spacial score (nSPS) is 16.1. The van der Waals surface area contributed by atoms with Crippen molar-refractivity contribution in [3.8, 4) is 0 Å². The summed E-state index contributed by atoms with van der Waals surface area (Å²) in [4.78, 5) is 9.48. The topological polar surface area (TPSA) is 49.8 Å². The van der Waals surface area contributed by atoms with Crippen LogP contribution in [0.15, 0.2) is 12.3 Å². The van der Waals surface area contributed by atoms with Crippen LogP contribution < -0.4 is 0 Å². The fraction of sp³-hybridized carbons (Fsp3) is 0.778. The maximum atomic E-state index is 11.5. The molecule has 0 heterocycles. The van der Waals surface area contributed by atoms with E-state index in [0.717, 1.165) is 12.8 Å². The van der Waals surface area contributed by atoms with Crippen LogP contribution in [0.5, 0.6) is 0 Å². The Balaban J connectivity index is 4.11. The van der Waals surface area contributed by atoms with Gasteiger partial charge in [0.2, 0.25) is 0 Å². The molecule has 0 aromatic carbocycles. The molecule has 1 N–H and O–H groups in total. The minimum absolute atomic E-state index is 0.506. The molecule has 0 saturated carbocycles. The summed E-state index contributed by atoms with van der Waals surface area (Å²) in [5.74, 6) is 0. The highest BCUT2D eigenvalue weighted by Gasteiger charge is 2.26. The average molecular weight is 221 g/mol. The highest BCUT2D eigenvalue weighted by molar-refractivity contribution is 7.50. The zero-order valence-corrected chi connectivity index (χ0v) is 10.0. The molecule has 84 valence electrons. The van der Waals surface area contributed by atoms with E-state index in [0.29, 0.717) is 13.1 Å². The molecular formula is C9H20NO3P. The maximum Gasteiger partial charge on any atom is 0.458 e. The van der Waals surface area contributed by atoms with Crippen molar-refractivity contribution in [3.05, 3.63) is 12.3 Å². The van der Waals surface area contributed by atoms with Crippen LogP contribution in [0.25, 0.3) is 0 Å². The van der Waals surface area contributed by atoms with Gasteiger partial charge in [-0.2, -0.15) is 4.67 Å². The van der Waals surface area contributed by atoms with Gasteiger partial charge in [0, 0.05) is 13.1 Å². The summed E-state index contributed by atoms with van der Waals surface area (Å²) in [6.45, 7) is 6.70. The summed E-state index contributed by atoms with van der Waals surface area (Å²) >= 11 is 0. The first-order valence-electron chi connectivity index (χ1n) is 5.00. The zero-order chi connectivity index (χ0) is 11.0. The molecule has 4 nitrogen and oxygen atoms in total. The molecule has 0 amide bonds. The maximum absolute atomic E-state index is 11.5. The Morgan fingerprint density at radius 3 is 2.36 bits per heavy atom. The first-order chi connectivity index (χ1) is 6.58. The third-order valence-electron chi connectivity index (χ3n) is 1.84. The fourth-order valence-electron chi connectivity index (χ4n) is 1.00. The molecule has 1 unspecified atom stereocenters. The van der Waals surface area contributed by atoms with Gasteiger partial charge in [0.05, 0.1) is 6.26 Å². The third-order valence-corrected chi connectivity index (χ3v) is 3.51. The highest BCUT2D eigenvalue weighted by Crippen LogP contribution is 2.46. The minimum Gasteiger partial charge on any atom is -0.421 e. The zero-order valence-electron chi connectivity index (χ0n) is 9.14. The number of hydrogen-bond acceptors (Lipinski definition) is 2. The van der Waals surface area contributed by atoms with E-state index in [1.165, 1.54) is 10.9 Å². The standard InChI is InChI=1S/C9H20NO3P/c1-4-7-8-9-13-14(11,12)10(5-2)6-3/h8-9H,4-7H2,1-3H3,(H,11,12). The summed E-state index contributed by atoms with van der Waals surface area (Å²) < 4.78 is 17.8. The molecule has 0 radical (unpaired) electrons. The molecule has 0 aliphatic carbocycles. The number of unbranched alkanes of at least 4 members (excludes halogenated alkanes) is 1. The van der Waals surface area contributed by atoms with E-state index in [-0.39, 0.29) is 0 Å². The summed E-state index contributed by atoms with van der Waals surface area (Å²) in [5.41, 5.74) is 0. The lowest BCUT2D eigenvalue weighted by atomic mass is 10.3. The number of nitrogens with zero attached hydrogens (tertiary/aromatic N) is 1. The Labute approximate surface area is 86.2 Å². The van der Waals surface area contributed by atoms with Gasteiger partial charge in [-0.05, 0) is 12.5 Å². The molecule has 0 aromatic rings. The van der Waals surface area contributed by atoms with Crippen LogP contribution >= 0.6 is 7.75 Å². The van der Waals surface area contributed by atoms with E-state index in [9.17, 15) is 9.46 Å². The Bertz CT molecular complexity index is 214. The molecule has 0 bridgehead atoms. The number of allylic oxidation sites excluding steroid dienone is 1. The molecular weight excluding hydrogens is 201 g/mol. The van der Waals surface area contributed by atoms with Gasteiger partial charge in [0.25, 0.3) is 0 Å². The van der Waals surface area contributed by atoms with Gasteiger partial charge in [-0.25, -0.2) is 4.57 Å². The quantitative estimate of drug-likeness (QED) is 0.530. The van der Waals surface area contributed by atoms with Gasteiger partial charge in [-0.1, -0.05) is 27.2 Å². The van der Waals surface area contributed by atoms with Gasteiger partial charge >= 0.3 is 7.75 Å². The monoisotopic (exact) mass is 221 g/mol. The lowest BCUT2D eigenvalue weighted by Crippen LogP contribution is -2.19. The minimum atomic E-state index is -3.60. The molecule has 0 aromatic heterocycles. The largest absolute Gasteiger partial charge is 0.458 e. The Hall–Kier alpha value is -0.310. The van der Waals surface area contributed by atoms with Crippen LogP contribution in [-0.2, 0) is 9.09 Å². The van der Waals surface area contributed by atoms with Crippen molar-refractivity contribution in [2.24, 2.45) is 0 Å². The van der Waals surface area contributed by atoms with E-state index in [4.69, 9.17) is 4.52 Å². The Morgan fingerprint density at radius 2 is 1.93 bits per heavy atom. The van der Waals surface area contributed by atoms with E-state index >= 15 is 0 Å². The first kappa shape index (κ1) is 13.7. The molecule has 14 heavy (non-hydrogen) atoms. The van der Waals surface area contributed by atoms with Gasteiger partial charge in [-0.15, -0.1) is 0 Å². The molecule has 0 spiro atoms. The fourth-order valence-corrected chi connectivity index (χ4v) is 2.10. The third kappa shape index (κ3) is 4.80. The molecule has 0 rings (SSSR count). The second-order valence-electron chi connectivity index (χ2n) is 2.90. The van der Waals surface area contributed by atoms with E-state index in [1.54, 1.807) is 6.08 Å². The lowest BCUT2D eigenvalue weighted by molar-refractivity contribution is 0.265. The average Bonchev–Trinajstić information content (AvgIpc) is 2.14. The molecule has 1 atom stereocenters. The summed E-state index contributed by atoms with van der Waals surface area (Å²) in [5, 5.41) is 0. The first-order valence-corrected chi connectivity index (χ1v) is 6.53. The molecule has 0 fully saturated rings. The van der Waals surface area contributed by atoms with Crippen LogP contribution in [-0.4, -0.2) is 22.7 Å². The summed E-state index contributed by atoms with van der Waals surface area (Å²) in [6.07, 6.45) is 4.94. The van der Waals surface area contributed by atoms with Crippen molar-refractivity contribution >= 4 is 7.75 Å². The summed E-state index contributed by atoms with van der Waals surface area (Å²) in [6, 6.07) is 0. The van der Waals surface area contributed by atoms with Crippen LogP contribution in [0.3, 0.4) is 0 Å². The van der Waals surface area contributed by atoms with E-state index in [1.807, 2.05) is 20.8 Å². The van der Waals surface area contributed by atoms with Gasteiger partial charge in [0.1, 0.15) is 0 Å². The number of rotatable bonds is 7. The predicted octanol–water partition coefficient (Wildman–Crippen LogP) is 2.76. The summed E-state index contributed by atoms with van der Waals surface area (Å²) in [7, 11) is -3.60. The molecule has 0 aliphatic heterocycles. The van der Waals surface area contributed by atoms with E-state index < -0.39 is 7.75 Å². The second kappa shape index (κ2) is 7.04. The lowest BCUT2D eigenvalue weighted by Gasteiger charge is -2.22.